The molecule has 1 aromatic rings. The average Bonchev–Trinajstić information content (AvgIpc) is 2.17. The van der Waals surface area contributed by atoms with E-state index in [9.17, 15) is 4.79 Å². The number of aromatic nitrogens is 2. The summed E-state index contributed by atoms with van der Waals surface area (Å²) in [6.07, 6.45) is 3.07. The number of H-pyrrole nitrogens is 1. The van der Waals surface area contributed by atoms with Gasteiger partial charge in [-0.2, -0.15) is 4.98 Å². The van der Waals surface area contributed by atoms with Gasteiger partial charge in [-0.3, -0.25) is 0 Å². The highest BCUT2D eigenvalue weighted by atomic mass is 16.1. The number of fused-ring (bicyclic) bond motifs is 1. The van der Waals surface area contributed by atoms with Gasteiger partial charge in [0.2, 0.25) is 0 Å². The summed E-state index contributed by atoms with van der Waals surface area (Å²) in [5.41, 5.74) is 8.30. The molecule has 0 fully saturated rings. The minimum Gasteiger partial charge on any atom is -0.325 e. The van der Waals surface area contributed by atoms with Crippen molar-refractivity contribution in [2.75, 3.05) is 0 Å². The molecule has 0 saturated heterocycles. The maximum Gasteiger partial charge on any atom is 0.345 e. The van der Waals surface area contributed by atoms with Gasteiger partial charge >= 0.3 is 5.69 Å². The highest BCUT2D eigenvalue weighted by Crippen LogP contribution is 2.24. The number of hydrogen-bond acceptors (Lipinski definition) is 3. The summed E-state index contributed by atoms with van der Waals surface area (Å²) >= 11 is 0. The molecule has 0 amide bonds. The van der Waals surface area contributed by atoms with E-state index in [2.05, 4.69) is 16.9 Å². The molecule has 0 spiro atoms. The second-order valence-corrected chi connectivity index (χ2v) is 4.00. The molecular formula is C10H15N3O. The molecule has 1 aliphatic rings. The third kappa shape index (κ3) is 1.57. The van der Waals surface area contributed by atoms with Crippen LogP contribution in [0.25, 0.3) is 0 Å². The number of nitrogens with zero attached hydrogens (tertiary/aromatic N) is 1. The molecule has 0 bridgehead atoms. The van der Waals surface area contributed by atoms with Crippen LogP contribution in [0.4, 0.5) is 0 Å². The second kappa shape index (κ2) is 3.53. The van der Waals surface area contributed by atoms with Crippen LogP contribution in [-0.2, 0) is 19.4 Å². The number of aromatic amines is 1. The second-order valence-electron chi connectivity index (χ2n) is 4.00. The van der Waals surface area contributed by atoms with Crippen molar-refractivity contribution < 1.29 is 0 Å². The van der Waals surface area contributed by atoms with Gasteiger partial charge < -0.3 is 10.7 Å². The highest BCUT2D eigenvalue weighted by Gasteiger charge is 2.19. The van der Waals surface area contributed by atoms with E-state index in [4.69, 9.17) is 5.73 Å². The minimum absolute atomic E-state index is 0.265. The fourth-order valence-electron chi connectivity index (χ4n) is 2.06. The van der Waals surface area contributed by atoms with E-state index in [0.717, 1.165) is 30.7 Å². The summed E-state index contributed by atoms with van der Waals surface area (Å²) < 4.78 is 0. The zero-order chi connectivity index (χ0) is 10.1. The maximum absolute atomic E-state index is 11.2. The molecule has 4 heteroatoms. The molecule has 0 aliphatic heterocycles. The molecule has 1 aromatic heterocycles. The Labute approximate surface area is 82.6 Å². The van der Waals surface area contributed by atoms with Gasteiger partial charge in [0.05, 0.1) is 5.69 Å². The van der Waals surface area contributed by atoms with Crippen LogP contribution in [0.2, 0.25) is 0 Å². The SMILES string of the molecule is CC1CCc2[nH]c(=O)nc(CN)c2C1. The Bertz CT molecular complexity index is 377. The van der Waals surface area contributed by atoms with Crippen LogP contribution in [0.3, 0.4) is 0 Å². The number of nitrogens with one attached hydrogen (secondary N) is 1. The smallest absolute Gasteiger partial charge is 0.325 e. The van der Waals surface area contributed by atoms with Gasteiger partial charge in [-0.15, -0.1) is 0 Å². The molecule has 2 rings (SSSR count). The normalized spacial score (nSPS) is 20.6. The topological polar surface area (TPSA) is 71.8 Å². The monoisotopic (exact) mass is 193 g/mol. The fourth-order valence-corrected chi connectivity index (χ4v) is 2.06. The van der Waals surface area contributed by atoms with Crippen molar-refractivity contribution in [3.63, 3.8) is 0 Å². The van der Waals surface area contributed by atoms with Crippen LogP contribution in [0.5, 0.6) is 0 Å². The number of nitrogens with two attached hydrogens (primary N) is 1. The highest BCUT2D eigenvalue weighted by molar-refractivity contribution is 5.27. The summed E-state index contributed by atoms with van der Waals surface area (Å²) in [5.74, 6) is 0.667. The van der Waals surface area contributed by atoms with E-state index in [1.54, 1.807) is 0 Å². The lowest BCUT2D eigenvalue weighted by Gasteiger charge is -2.22. The molecule has 3 N–H and O–H groups in total. The number of hydrogen-bond donors (Lipinski definition) is 2. The largest absolute Gasteiger partial charge is 0.345 e. The van der Waals surface area contributed by atoms with Gasteiger partial charge in [0.1, 0.15) is 0 Å². The van der Waals surface area contributed by atoms with Crippen LogP contribution in [0, 0.1) is 5.92 Å². The predicted octanol–water partition coefficient (Wildman–Crippen LogP) is 0.353. The van der Waals surface area contributed by atoms with Crippen molar-refractivity contribution in [2.24, 2.45) is 11.7 Å². The summed E-state index contributed by atoms with van der Waals surface area (Å²) in [7, 11) is 0. The molecule has 1 aliphatic carbocycles. The minimum atomic E-state index is -0.265. The van der Waals surface area contributed by atoms with Crippen molar-refractivity contribution in [1.29, 1.82) is 0 Å². The zero-order valence-corrected chi connectivity index (χ0v) is 8.34. The third-order valence-electron chi connectivity index (χ3n) is 2.84. The first-order valence-corrected chi connectivity index (χ1v) is 5.01. The number of rotatable bonds is 1. The van der Waals surface area contributed by atoms with Crippen LogP contribution in [0.1, 0.15) is 30.3 Å². The van der Waals surface area contributed by atoms with Gasteiger partial charge in [-0.1, -0.05) is 6.92 Å². The molecule has 0 radical (unpaired) electrons. The average molecular weight is 193 g/mol. The van der Waals surface area contributed by atoms with Crippen molar-refractivity contribution in [3.05, 3.63) is 27.4 Å². The van der Waals surface area contributed by atoms with Gasteiger partial charge in [-0.25, -0.2) is 4.79 Å². The third-order valence-corrected chi connectivity index (χ3v) is 2.84. The number of aryl methyl sites for hydroxylation is 1. The van der Waals surface area contributed by atoms with Crippen LogP contribution < -0.4 is 11.4 Å². The molecule has 1 unspecified atom stereocenters. The Morgan fingerprint density at radius 2 is 2.43 bits per heavy atom. The van der Waals surface area contributed by atoms with E-state index in [1.165, 1.54) is 5.56 Å². The van der Waals surface area contributed by atoms with E-state index in [0.29, 0.717) is 12.5 Å². The van der Waals surface area contributed by atoms with Crippen molar-refractivity contribution in [2.45, 2.75) is 32.7 Å². The van der Waals surface area contributed by atoms with E-state index >= 15 is 0 Å². The van der Waals surface area contributed by atoms with Crippen molar-refractivity contribution in [3.8, 4) is 0 Å². The lowest BCUT2D eigenvalue weighted by molar-refractivity contribution is 0.486. The quantitative estimate of drug-likeness (QED) is 0.676. The Hall–Kier alpha value is -1.16. The molecule has 76 valence electrons. The molecular weight excluding hydrogens is 178 g/mol. The van der Waals surface area contributed by atoms with E-state index < -0.39 is 0 Å². The zero-order valence-electron chi connectivity index (χ0n) is 8.34. The Kier molecular flexibility index (Phi) is 2.37. The van der Waals surface area contributed by atoms with Crippen molar-refractivity contribution >= 4 is 0 Å². The van der Waals surface area contributed by atoms with E-state index in [-0.39, 0.29) is 5.69 Å². The van der Waals surface area contributed by atoms with Crippen molar-refractivity contribution in [1.82, 2.24) is 9.97 Å². The molecule has 0 aromatic carbocycles. The molecule has 0 saturated carbocycles. The molecule has 14 heavy (non-hydrogen) atoms. The van der Waals surface area contributed by atoms with Gasteiger partial charge in [0.25, 0.3) is 0 Å². The van der Waals surface area contributed by atoms with Crippen LogP contribution in [-0.4, -0.2) is 9.97 Å². The first-order chi connectivity index (χ1) is 6.70. The van der Waals surface area contributed by atoms with Gasteiger partial charge in [0, 0.05) is 12.2 Å². The first-order valence-electron chi connectivity index (χ1n) is 5.01. The summed E-state index contributed by atoms with van der Waals surface area (Å²) in [5, 5.41) is 0. The summed E-state index contributed by atoms with van der Waals surface area (Å²) in [6.45, 7) is 2.58. The maximum atomic E-state index is 11.2. The molecule has 1 heterocycles. The predicted molar refractivity (Wildman–Crippen MR) is 53.9 cm³/mol. The Morgan fingerprint density at radius 1 is 1.64 bits per heavy atom. The fraction of sp³-hybridized carbons (Fsp3) is 0.600. The Morgan fingerprint density at radius 3 is 3.14 bits per heavy atom. The summed E-state index contributed by atoms with van der Waals surface area (Å²) in [4.78, 5) is 17.9. The van der Waals surface area contributed by atoms with E-state index in [1.807, 2.05) is 0 Å². The van der Waals surface area contributed by atoms with Crippen LogP contribution in [0.15, 0.2) is 4.79 Å². The Balaban J connectivity index is 2.52. The lowest BCUT2D eigenvalue weighted by atomic mass is 9.87. The van der Waals surface area contributed by atoms with Crippen LogP contribution >= 0.6 is 0 Å². The van der Waals surface area contributed by atoms with Gasteiger partial charge in [0.15, 0.2) is 0 Å². The standard InChI is InChI=1S/C10H15N3O/c1-6-2-3-8-7(4-6)9(5-11)13-10(14)12-8/h6H,2-5,11H2,1H3,(H,12,13,14). The molecule has 1 atom stereocenters. The lowest BCUT2D eigenvalue weighted by Crippen LogP contribution is -2.25. The first kappa shape index (κ1) is 9.40. The van der Waals surface area contributed by atoms with Gasteiger partial charge in [-0.05, 0) is 30.7 Å². The molecule has 4 nitrogen and oxygen atoms in total. The summed E-state index contributed by atoms with van der Waals surface area (Å²) in [6, 6.07) is 0.